The predicted octanol–water partition coefficient (Wildman–Crippen LogP) is 3.14. The average molecular weight is 328 g/mol. The van der Waals surface area contributed by atoms with Crippen molar-refractivity contribution in [2.75, 3.05) is 0 Å². The van der Waals surface area contributed by atoms with E-state index >= 15 is 0 Å². The van der Waals surface area contributed by atoms with Crippen LogP contribution in [0.3, 0.4) is 0 Å². The van der Waals surface area contributed by atoms with Gasteiger partial charge in [-0.2, -0.15) is 8.78 Å². The summed E-state index contributed by atoms with van der Waals surface area (Å²) in [5.41, 5.74) is 0.0964. The predicted molar refractivity (Wildman–Crippen MR) is 75.5 cm³/mol. The molecule has 2 heterocycles. The molecule has 1 aromatic carbocycles. The van der Waals surface area contributed by atoms with Crippen LogP contribution in [0.4, 0.5) is 8.78 Å². The van der Waals surface area contributed by atoms with Crippen molar-refractivity contribution in [2.45, 2.75) is 56.7 Å². The van der Waals surface area contributed by atoms with E-state index in [1.807, 2.05) is 0 Å². The topological polar surface area (TPSA) is 65.0 Å². The SMILES string of the molecule is O=C(O)C(OC1C[C@H]2CC[C@@H](C1)O2)c1ccccc1OC(F)F. The van der Waals surface area contributed by atoms with Crippen molar-refractivity contribution >= 4 is 5.97 Å². The van der Waals surface area contributed by atoms with Crippen LogP contribution in [0.5, 0.6) is 5.75 Å². The molecule has 0 aliphatic carbocycles. The van der Waals surface area contributed by atoms with E-state index in [-0.39, 0.29) is 29.6 Å². The Morgan fingerprint density at radius 1 is 1.22 bits per heavy atom. The van der Waals surface area contributed by atoms with E-state index < -0.39 is 18.7 Å². The molecule has 1 aromatic rings. The molecule has 0 amide bonds. The summed E-state index contributed by atoms with van der Waals surface area (Å²) in [4.78, 5) is 11.6. The largest absolute Gasteiger partial charge is 0.479 e. The van der Waals surface area contributed by atoms with Gasteiger partial charge < -0.3 is 19.3 Å². The van der Waals surface area contributed by atoms with Gasteiger partial charge in [-0.05, 0) is 31.7 Å². The Morgan fingerprint density at radius 2 is 1.87 bits per heavy atom. The standard InChI is InChI=1S/C16H18F2O5/c17-16(18)23-13-4-2-1-3-12(13)14(15(19)20)22-11-7-9-5-6-10(8-11)21-9/h1-4,9-11,14,16H,5-8H2,(H,19,20)/t9-,10+,11?,14?. The van der Waals surface area contributed by atoms with E-state index in [4.69, 9.17) is 9.47 Å². The van der Waals surface area contributed by atoms with Gasteiger partial charge in [-0.15, -0.1) is 0 Å². The molecule has 0 saturated carbocycles. The molecule has 0 aromatic heterocycles. The zero-order valence-corrected chi connectivity index (χ0v) is 12.4. The van der Waals surface area contributed by atoms with Gasteiger partial charge in [-0.3, -0.25) is 0 Å². The maximum absolute atomic E-state index is 12.5. The van der Waals surface area contributed by atoms with Gasteiger partial charge in [-0.1, -0.05) is 18.2 Å². The smallest absolute Gasteiger partial charge is 0.387 e. The highest BCUT2D eigenvalue weighted by Gasteiger charge is 2.38. The van der Waals surface area contributed by atoms with Crippen LogP contribution in [0.25, 0.3) is 0 Å². The van der Waals surface area contributed by atoms with E-state index in [0.29, 0.717) is 12.8 Å². The highest BCUT2D eigenvalue weighted by molar-refractivity contribution is 5.75. The minimum atomic E-state index is -3.02. The molecular weight excluding hydrogens is 310 g/mol. The van der Waals surface area contributed by atoms with Crippen molar-refractivity contribution in [3.8, 4) is 5.75 Å². The van der Waals surface area contributed by atoms with Crippen molar-refractivity contribution in [1.82, 2.24) is 0 Å². The first-order valence-corrected chi connectivity index (χ1v) is 7.60. The van der Waals surface area contributed by atoms with E-state index in [1.165, 1.54) is 18.2 Å². The van der Waals surface area contributed by atoms with Crippen molar-refractivity contribution in [3.63, 3.8) is 0 Å². The molecule has 2 unspecified atom stereocenters. The molecule has 2 saturated heterocycles. The van der Waals surface area contributed by atoms with Gasteiger partial charge in [0.05, 0.1) is 18.3 Å². The lowest BCUT2D eigenvalue weighted by molar-refractivity contribution is -0.163. The van der Waals surface area contributed by atoms with Crippen LogP contribution in [0.15, 0.2) is 24.3 Å². The third-order valence-electron chi connectivity index (χ3n) is 4.22. The Bertz CT molecular complexity index is 553. The minimum Gasteiger partial charge on any atom is -0.479 e. The Kier molecular flexibility index (Phi) is 4.77. The fourth-order valence-electron chi connectivity index (χ4n) is 3.28. The van der Waals surface area contributed by atoms with E-state index in [2.05, 4.69) is 4.74 Å². The Hall–Kier alpha value is -1.73. The molecule has 7 heteroatoms. The molecule has 0 spiro atoms. The Balaban J connectivity index is 1.78. The zero-order chi connectivity index (χ0) is 16.4. The summed E-state index contributed by atoms with van der Waals surface area (Å²) >= 11 is 0. The van der Waals surface area contributed by atoms with Gasteiger partial charge in [0, 0.05) is 5.56 Å². The number of hydrogen-bond donors (Lipinski definition) is 1. The van der Waals surface area contributed by atoms with Gasteiger partial charge in [0.25, 0.3) is 0 Å². The normalized spacial score (nSPS) is 27.9. The maximum Gasteiger partial charge on any atom is 0.387 e. The lowest BCUT2D eigenvalue weighted by Gasteiger charge is -2.30. The van der Waals surface area contributed by atoms with Crippen LogP contribution in [0.1, 0.15) is 37.4 Å². The minimum absolute atomic E-state index is 0.0964. The second-order valence-corrected chi connectivity index (χ2v) is 5.82. The number of ether oxygens (including phenoxy) is 3. The van der Waals surface area contributed by atoms with Gasteiger partial charge in [-0.25, -0.2) is 4.79 Å². The van der Waals surface area contributed by atoms with Crippen molar-refractivity contribution in [3.05, 3.63) is 29.8 Å². The summed E-state index contributed by atoms with van der Waals surface area (Å²) in [5.74, 6) is -1.40. The lowest BCUT2D eigenvalue weighted by Crippen LogP contribution is -2.33. The first-order chi connectivity index (χ1) is 11.0. The number of benzene rings is 1. The van der Waals surface area contributed by atoms with E-state index in [0.717, 1.165) is 12.8 Å². The molecule has 0 radical (unpaired) electrons. The number of fused-ring (bicyclic) bond motifs is 2. The Labute approximate surface area is 132 Å². The summed E-state index contributed by atoms with van der Waals surface area (Å²) in [6.07, 6.45) is 1.74. The summed E-state index contributed by atoms with van der Waals surface area (Å²) in [7, 11) is 0. The summed E-state index contributed by atoms with van der Waals surface area (Å²) in [6.45, 7) is -3.02. The molecule has 126 valence electrons. The number of para-hydroxylation sites is 1. The molecular formula is C16H18F2O5. The molecule has 2 bridgehead atoms. The van der Waals surface area contributed by atoms with Crippen LogP contribution in [0, 0.1) is 0 Å². The quantitative estimate of drug-likeness (QED) is 0.869. The average Bonchev–Trinajstić information content (AvgIpc) is 2.84. The summed E-state index contributed by atoms with van der Waals surface area (Å²) in [6, 6.07) is 5.83. The Morgan fingerprint density at radius 3 is 2.48 bits per heavy atom. The molecule has 2 aliphatic heterocycles. The van der Waals surface area contributed by atoms with Gasteiger partial charge in [0.1, 0.15) is 5.75 Å². The van der Waals surface area contributed by atoms with Crippen LogP contribution in [0.2, 0.25) is 0 Å². The van der Waals surface area contributed by atoms with Crippen molar-refractivity contribution in [1.29, 1.82) is 0 Å². The van der Waals surface area contributed by atoms with Gasteiger partial charge >= 0.3 is 12.6 Å². The number of carboxylic acid groups (broad SMARTS) is 1. The third-order valence-corrected chi connectivity index (χ3v) is 4.22. The van der Waals surface area contributed by atoms with Crippen molar-refractivity contribution < 1.29 is 32.9 Å². The summed E-state index contributed by atoms with van der Waals surface area (Å²) < 4.78 is 40.9. The lowest BCUT2D eigenvalue weighted by atomic mass is 10.0. The number of hydrogen-bond acceptors (Lipinski definition) is 4. The molecule has 5 nitrogen and oxygen atoms in total. The number of halogens is 2. The molecule has 2 fully saturated rings. The fourth-order valence-corrected chi connectivity index (χ4v) is 3.28. The number of carboxylic acids is 1. The van der Waals surface area contributed by atoms with Gasteiger partial charge in [0.2, 0.25) is 0 Å². The first-order valence-electron chi connectivity index (χ1n) is 7.60. The van der Waals surface area contributed by atoms with E-state index in [1.54, 1.807) is 6.07 Å². The fraction of sp³-hybridized carbons (Fsp3) is 0.562. The summed E-state index contributed by atoms with van der Waals surface area (Å²) in [5, 5.41) is 9.46. The zero-order valence-electron chi connectivity index (χ0n) is 12.4. The maximum atomic E-state index is 12.5. The molecule has 2 aliphatic rings. The highest BCUT2D eigenvalue weighted by Crippen LogP contribution is 2.37. The molecule has 3 rings (SSSR count). The van der Waals surface area contributed by atoms with Crippen LogP contribution in [-0.2, 0) is 14.3 Å². The number of rotatable bonds is 6. The number of aliphatic carboxylic acids is 1. The van der Waals surface area contributed by atoms with Crippen molar-refractivity contribution in [2.24, 2.45) is 0 Å². The van der Waals surface area contributed by atoms with Gasteiger partial charge in [0.15, 0.2) is 6.10 Å². The monoisotopic (exact) mass is 328 g/mol. The molecule has 4 atom stereocenters. The highest BCUT2D eigenvalue weighted by atomic mass is 19.3. The second kappa shape index (κ2) is 6.80. The molecule has 1 N–H and O–H groups in total. The van der Waals surface area contributed by atoms with Crippen LogP contribution >= 0.6 is 0 Å². The van der Waals surface area contributed by atoms with E-state index in [9.17, 15) is 18.7 Å². The number of carbonyl (C=O) groups is 1. The molecule has 23 heavy (non-hydrogen) atoms. The van der Waals surface area contributed by atoms with Crippen LogP contribution < -0.4 is 4.74 Å². The first kappa shape index (κ1) is 16.1. The van der Waals surface area contributed by atoms with Crippen LogP contribution in [-0.4, -0.2) is 36.0 Å². The third kappa shape index (κ3) is 3.79. The second-order valence-electron chi connectivity index (χ2n) is 5.82. The number of alkyl halides is 2.